The smallest absolute Gasteiger partial charge is 0.243 e. The first-order valence-corrected chi connectivity index (χ1v) is 9.03. The third-order valence-electron chi connectivity index (χ3n) is 4.97. The maximum absolute atomic E-state index is 12.7. The van der Waals surface area contributed by atoms with Gasteiger partial charge < -0.3 is 15.5 Å². The van der Waals surface area contributed by atoms with Crippen molar-refractivity contribution in [3.63, 3.8) is 0 Å². The lowest BCUT2D eigenvalue weighted by Crippen LogP contribution is -2.52. The Morgan fingerprint density at radius 1 is 1.25 bits per heavy atom. The second-order valence-corrected chi connectivity index (χ2v) is 6.94. The van der Waals surface area contributed by atoms with Crippen molar-refractivity contribution in [1.29, 1.82) is 0 Å². The van der Waals surface area contributed by atoms with Crippen LogP contribution in [0.25, 0.3) is 0 Å². The number of benzene rings is 1. The zero-order valence-electron chi connectivity index (χ0n) is 14.3. The normalized spacial score (nSPS) is 24.8. The van der Waals surface area contributed by atoms with Crippen LogP contribution in [-0.4, -0.2) is 47.9 Å². The zero-order chi connectivity index (χ0) is 16.9. The number of hydrogen-bond acceptors (Lipinski definition) is 3. The maximum atomic E-state index is 12.7. The van der Waals surface area contributed by atoms with Crippen LogP contribution in [-0.2, 0) is 16.0 Å². The molecule has 1 aromatic carbocycles. The molecule has 2 fully saturated rings. The monoisotopic (exact) mass is 329 g/mol. The molecule has 24 heavy (non-hydrogen) atoms. The van der Waals surface area contributed by atoms with E-state index >= 15 is 0 Å². The van der Waals surface area contributed by atoms with Crippen molar-refractivity contribution < 1.29 is 9.59 Å². The maximum Gasteiger partial charge on any atom is 0.243 e. The summed E-state index contributed by atoms with van der Waals surface area (Å²) in [5.74, 6) is 0.0862. The molecule has 2 aliphatic heterocycles. The molecule has 0 bridgehead atoms. The summed E-state index contributed by atoms with van der Waals surface area (Å²) in [5.41, 5.74) is 1.21. The molecule has 3 rings (SSSR count). The van der Waals surface area contributed by atoms with Gasteiger partial charge in [0.15, 0.2) is 0 Å². The molecule has 0 aliphatic carbocycles. The summed E-state index contributed by atoms with van der Waals surface area (Å²) in [6.07, 6.45) is 4.40. The fraction of sp³-hybridized carbons (Fsp3) is 0.579. The van der Waals surface area contributed by atoms with Crippen LogP contribution >= 0.6 is 0 Å². The highest BCUT2D eigenvalue weighted by Gasteiger charge is 2.37. The first-order chi connectivity index (χ1) is 11.6. The Balaban J connectivity index is 1.56. The topological polar surface area (TPSA) is 61.4 Å². The van der Waals surface area contributed by atoms with Crippen LogP contribution in [0.15, 0.2) is 30.3 Å². The number of hydrogen-bond donors (Lipinski definition) is 2. The molecule has 130 valence electrons. The fourth-order valence-corrected chi connectivity index (χ4v) is 3.76. The van der Waals surface area contributed by atoms with Crippen LogP contribution in [0.2, 0.25) is 0 Å². The Hall–Kier alpha value is -1.88. The molecule has 2 amide bonds. The molecule has 2 aliphatic rings. The van der Waals surface area contributed by atoms with E-state index in [9.17, 15) is 9.59 Å². The van der Waals surface area contributed by atoms with Crippen molar-refractivity contribution >= 4 is 11.8 Å². The lowest BCUT2D eigenvalue weighted by molar-refractivity contribution is -0.140. The largest absolute Gasteiger partial charge is 0.352 e. The lowest BCUT2D eigenvalue weighted by atomic mass is 10.1. The lowest BCUT2D eigenvalue weighted by Gasteiger charge is -2.27. The first kappa shape index (κ1) is 17.0. The number of carbonyl (C=O) groups excluding carboxylic acids is 2. The molecule has 5 heteroatoms. The summed E-state index contributed by atoms with van der Waals surface area (Å²) >= 11 is 0. The molecule has 2 heterocycles. The third-order valence-corrected chi connectivity index (χ3v) is 4.97. The van der Waals surface area contributed by atoms with E-state index in [1.54, 1.807) is 4.90 Å². The summed E-state index contributed by atoms with van der Waals surface area (Å²) in [6.45, 7) is 3.61. The van der Waals surface area contributed by atoms with Crippen molar-refractivity contribution in [3.05, 3.63) is 35.9 Å². The zero-order valence-corrected chi connectivity index (χ0v) is 14.3. The molecular weight excluding hydrogens is 302 g/mol. The number of nitrogens with one attached hydrogen (secondary N) is 2. The van der Waals surface area contributed by atoms with Crippen molar-refractivity contribution in [2.45, 2.75) is 57.2 Å². The molecule has 2 N–H and O–H groups in total. The highest BCUT2D eigenvalue weighted by atomic mass is 16.2. The van der Waals surface area contributed by atoms with E-state index in [-0.39, 0.29) is 29.9 Å². The minimum atomic E-state index is -0.307. The van der Waals surface area contributed by atoms with Gasteiger partial charge in [0.05, 0.1) is 6.04 Å². The molecule has 0 aromatic heterocycles. The van der Waals surface area contributed by atoms with Crippen molar-refractivity contribution in [2.75, 3.05) is 13.1 Å². The molecular formula is C19H27N3O2. The van der Waals surface area contributed by atoms with Crippen LogP contribution in [0, 0.1) is 0 Å². The molecule has 0 spiro atoms. The number of nitrogens with zero attached hydrogens (tertiary/aromatic N) is 1. The minimum Gasteiger partial charge on any atom is -0.352 e. The Bertz CT molecular complexity index is 569. The van der Waals surface area contributed by atoms with E-state index < -0.39 is 0 Å². The van der Waals surface area contributed by atoms with E-state index in [2.05, 4.69) is 22.8 Å². The quantitative estimate of drug-likeness (QED) is 0.860. The minimum absolute atomic E-state index is 0.0118. The molecule has 0 saturated carbocycles. The Morgan fingerprint density at radius 3 is 2.75 bits per heavy atom. The van der Waals surface area contributed by atoms with E-state index in [4.69, 9.17) is 0 Å². The standard InChI is InChI=1S/C19H27N3O2/c1-14(13-15-7-3-2-4-8-15)21-18(23)17-10-6-12-22(17)19(24)16-9-5-11-20-16/h2-4,7-8,14,16-17,20H,5-6,9-13H2,1H3,(H,21,23)/t14-,16+,17+/m1/s1. The average molecular weight is 329 g/mol. The van der Waals surface area contributed by atoms with Gasteiger partial charge in [0, 0.05) is 12.6 Å². The Kier molecular flexibility index (Phi) is 5.51. The highest BCUT2D eigenvalue weighted by molar-refractivity contribution is 5.90. The fourth-order valence-electron chi connectivity index (χ4n) is 3.76. The molecule has 1 aromatic rings. The molecule has 3 atom stereocenters. The van der Waals surface area contributed by atoms with Gasteiger partial charge in [-0.05, 0) is 51.1 Å². The van der Waals surface area contributed by atoms with Gasteiger partial charge in [-0.3, -0.25) is 9.59 Å². The summed E-state index contributed by atoms with van der Waals surface area (Å²) in [4.78, 5) is 27.1. The van der Waals surface area contributed by atoms with E-state index in [0.717, 1.165) is 38.6 Å². The molecule has 0 radical (unpaired) electrons. The molecule has 0 unspecified atom stereocenters. The van der Waals surface area contributed by atoms with Gasteiger partial charge in [0.25, 0.3) is 0 Å². The van der Waals surface area contributed by atoms with Gasteiger partial charge in [-0.15, -0.1) is 0 Å². The molecule has 2 saturated heterocycles. The van der Waals surface area contributed by atoms with Gasteiger partial charge in [-0.25, -0.2) is 0 Å². The number of likely N-dealkylation sites (tertiary alicyclic amines) is 1. The van der Waals surface area contributed by atoms with Gasteiger partial charge >= 0.3 is 0 Å². The second kappa shape index (κ2) is 7.79. The summed E-state index contributed by atoms with van der Waals surface area (Å²) in [5, 5.41) is 6.34. The van der Waals surface area contributed by atoms with Gasteiger partial charge in [-0.2, -0.15) is 0 Å². The van der Waals surface area contributed by atoms with E-state index in [1.807, 2.05) is 25.1 Å². The summed E-state index contributed by atoms with van der Waals surface area (Å²) in [6, 6.07) is 9.80. The molecule has 5 nitrogen and oxygen atoms in total. The van der Waals surface area contributed by atoms with Crippen LogP contribution < -0.4 is 10.6 Å². The van der Waals surface area contributed by atoms with Crippen LogP contribution in [0.1, 0.15) is 38.2 Å². The van der Waals surface area contributed by atoms with Gasteiger partial charge in [0.2, 0.25) is 11.8 Å². The van der Waals surface area contributed by atoms with Crippen LogP contribution in [0.3, 0.4) is 0 Å². The number of amides is 2. The first-order valence-electron chi connectivity index (χ1n) is 9.03. The highest BCUT2D eigenvalue weighted by Crippen LogP contribution is 2.21. The van der Waals surface area contributed by atoms with E-state index in [0.29, 0.717) is 6.54 Å². The Labute approximate surface area is 143 Å². The van der Waals surface area contributed by atoms with Gasteiger partial charge in [-0.1, -0.05) is 30.3 Å². The number of rotatable bonds is 5. The van der Waals surface area contributed by atoms with E-state index in [1.165, 1.54) is 5.56 Å². The van der Waals surface area contributed by atoms with Crippen molar-refractivity contribution in [3.8, 4) is 0 Å². The average Bonchev–Trinajstić information content (AvgIpc) is 3.27. The van der Waals surface area contributed by atoms with Crippen LogP contribution in [0.5, 0.6) is 0 Å². The predicted octanol–water partition coefficient (Wildman–Crippen LogP) is 1.48. The van der Waals surface area contributed by atoms with Gasteiger partial charge in [0.1, 0.15) is 6.04 Å². The summed E-state index contributed by atoms with van der Waals surface area (Å²) in [7, 11) is 0. The van der Waals surface area contributed by atoms with Crippen LogP contribution in [0.4, 0.5) is 0 Å². The van der Waals surface area contributed by atoms with Crippen molar-refractivity contribution in [2.24, 2.45) is 0 Å². The number of carbonyl (C=O) groups is 2. The van der Waals surface area contributed by atoms with Crippen molar-refractivity contribution in [1.82, 2.24) is 15.5 Å². The Morgan fingerprint density at radius 2 is 2.04 bits per heavy atom. The third kappa shape index (κ3) is 3.96. The SMILES string of the molecule is C[C@H](Cc1ccccc1)NC(=O)[C@@H]1CCCN1C(=O)[C@@H]1CCCN1. The summed E-state index contributed by atoms with van der Waals surface area (Å²) < 4.78 is 0. The predicted molar refractivity (Wildman–Crippen MR) is 93.5 cm³/mol. The second-order valence-electron chi connectivity index (χ2n) is 6.94.